The lowest BCUT2D eigenvalue weighted by Crippen LogP contribution is -2.39. The van der Waals surface area contributed by atoms with E-state index in [-0.39, 0.29) is 5.56 Å². The van der Waals surface area contributed by atoms with Gasteiger partial charge in [0.2, 0.25) is 0 Å². The third kappa shape index (κ3) is 1.40. The van der Waals surface area contributed by atoms with Crippen molar-refractivity contribution in [3.05, 3.63) is 33.1 Å². The first-order valence-electron chi connectivity index (χ1n) is 3.60. The molecule has 0 saturated carbocycles. The molecule has 0 spiro atoms. The van der Waals surface area contributed by atoms with E-state index < -0.39 is 0 Å². The molecule has 1 aromatic heterocycles. The van der Waals surface area contributed by atoms with Crippen LogP contribution in [0.2, 0.25) is 0 Å². The third-order valence-corrected chi connectivity index (χ3v) is 1.63. The molecular weight excluding hydrogens is 138 g/mol. The summed E-state index contributed by atoms with van der Waals surface area (Å²) in [5, 5.41) is 1.73. The van der Waals surface area contributed by atoms with Gasteiger partial charge in [-0.05, 0) is 25.1 Å². The van der Waals surface area contributed by atoms with Gasteiger partial charge in [0.25, 0.3) is 5.56 Å². The van der Waals surface area contributed by atoms with Crippen molar-refractivity contribution in [1.29, 1.82) is 0 Å². The molecule has 0 saturated heterocycles. The quantitative estimate of drug-likeness (QED) is 0.552. The van der Waals surface area contributed by atoms with Gasteiger partial charge in [-0.15, -0.1) is 0 Å². The molecule has 0 fully saturated rings. The SMILES string of the molecule is C/C=c1/cc[nH]c(=O)/c1=C/C. The van der Waals surface area contributed by atoms with Crippen molar-refractivity contribution < 1.29 is 0 Å². The molecule has 0 aliphatic rings. The average molecular weight is 149 g/mol. The van der Waals surface area contributed by atoms with E-state index in [0.29, 0.717) is 0 Å². The molecule has 2 nitrogen and oxygen atoms in total. The summed E-state index contributed by atoms with van der Waals surface area (Å²) in [4.78, 5) is 13.7. The zero-order valence-electron chi connectivity index (χ0n) is 6.72. The van der Waals surface area contributed by atoms with Crippen LogP contribution in [0.25, 0.3) is 12.2 Å². The first-order valence-corrected chi connectivity index (χ1v) is 3.60. The fourth-order valence-corrected chi connectivity index (χ4v) is 1.06. The lowest BCUT2D eigenvalue weighted by atomic mass is 10.3. The highest BCUT2D eigenvalue weighted by Gasteiger charge is 1.86. The maximum Gasteiger partial charge on any atom is 0.255 e. The second-order valence-corrected chi connectivity index (χ2v) is 2.25. The Morgan fingerprint density at radius 2 is 2.09 bits per heavy atom. The van der Waals surface area contributed by atoms with Crippen LogP contribution in [0.3, 0.4) is 0 Å². The molecule has 1 heterocycles. The third-order valence-electron chi connectivity index (χ3n) is 1.63. The molecule has 0 aromatic carbocycles. The molecule has 0 aliphatic heterocycles. The minimum atomic E-state index is -0.0249. The van der Waals surface area contributed by atoms with E-state index >= 15 is 0 Å². The lowest BCUT2D eigenvalue weighted by Gasteiger charge is -1.85. The predicted octanol–water partition coefficient (Wildman–Crippen LogP) is -0.0243. The van der Waals surface area contributed by atoms with Crippen LogP contribution in [0.5, 0.6) is 0 Å². The van der Waals surface area contributed by atoms with Crippen LogP contribution in [-0.2, 0) is 0 Å². The molecule has 1 N–H and O–H groups in total. The van der Waals surface area contributed by atoms with E-state index in [1.807, 2.05) is 32.1 Å². The standard InChI is InChI=1S/C9H11NO/c1-3-7-5-6-10-9(11)8(7)4-2/h3-6H,1-2H3,(H,10,11)/b7-3-,8-4+. The maximum absolute atomic E-state index is 11.1. The molecule has 1 aromatic rings. The minimum Gasteiger partial charge on any atom is -0.329 e. The lowest BCUT2D eigenvalue weighted by molar-refractivity contribution is 1.18. The summed E-state index contributed by atoms with van der Waals surface area (Å²) >= 11 is 0. The highest BCUT2D eigenvalue weighted by Crippen LogP contribution is 1.60. The molecule has 11 heavy (non-hydrogen) atoms. The number of rotatable bonds is 0. The van der Waals surface area contributed by atoms with Gasteiger partial charge in [-0.25, -0.2) is 0 Å². The van der Waals surface area contributed by atoms with Crippen molar-refractivity contribution in [2.75, 3.05) is 0 Å². The van der Waals surface area contributed by atoms with Gasteiger partial charge in [-0.2, -0.15) is 0 Å². The van der Waals surface area contributed by atoms with E-state index in [9.17, 15) is 4.79 Å². The molecule has 0 aliphatic carbocycles. The Hall–Kier alpha value is -1.31. The number of nitrogens with one attached hydrogen (secondary N) is 1. The van der Waals surface area contributed by atoms with Crippen LogP contribution in [0.15, 0.2) is 17.1 Å². The fourth-order valence-electron chi connectivity index (χ4n) is 1.06. The number of H-pyrrole nitrogens is 1. The molecule has 0 bridgehead atoms. The highest BCUT2D eigenvalue weighted by atomic mass is 16.1. The van der Waals surface area contributed by atoms with E-state index in [2.05, 4.69) is 4.98 Å². The summed E-state index contributed by atoms with van der Waals surface area (Å²) in [5.74, 6) is 0. The van der Waals surface area contributed by atoms with Gasteiger partial charge < -0.3 is 4.98 Å². The predicted molar refractivity (Wildman–Crippen MR) is 46.6 cm³/mol. The number of aromatic nitrogens is 1. The number of aromatic amines is 1. The van der Waals surface area contributed by atoms with Crippen molar-refractivity contribution in [1.82, 2.24) is 4.98 Å². The first-order chi connectivity index (χ1) is 5.29. The van der Waals surface area contributed by atoms with Gasteiger partial charge >= 0.3 is 0 Å². The Bertz CT molecular complexity index is 400. The first kappa shape index (κ1) is 7.79. The monoisotopic (exact) mass is 149 g/mol. The summed E-state index contributed by atoms with van der Waals surface area (Å²) in [7, 11) is 0. The Morgan fingerprint density at radius 3 is 2.55 bits per heavy atom. The van der Waals surface area contributed by atoms with Crippen LogP contribution in [0.4, 0.5) is 0 Å². The van der Waals surface area contributed by atoms with Gasteiger partial charge in [-0.1, -0.05) is 12.2 Å². The van der Waals surface area contributed by atoms with Crippen LogP contribution in [0, 0.1) is 0 Å². The zero-order chi connectivity index (χ0) is 8.27. The second-order valence-electron chi connectivity index (χ2n) is 2.25. The van der Waals surface area contributed by atoms with Gasteiger partial charge in [0.1, 0.15) is 0 Å². The second kappa shape index (κ2) is 3.19. The molecule has 0 atom stereocenters. The van der Waals surface area contributed by atoms with Gasteiger partial charge in [-0.3, -0.25) is 4.79 Å². The van der Waals surface area contributed by atoms with Crippen molar-refractivity contribution in [3.8, 4) is 0 Å². The summed E-state index contributed by atoms with van der Waals surface area (Å²) in [6.45, 7) is 3.78. The van der Waals surface area contributed by atoms with Gasteiger partial charge in [0, 0.05) is 11.4 Å². The van der Waals surface area contributed by atoms with E-state index in [0.717, 1.165) is 10.4 Å². The normalized spacial score (nSPS) is 14.0. The van der Waals surface area contributed by atoms with E-state index in [1.165, 1.54) is 0 Å². The molecule has 58 valence electrons. The van der Waals surface area contributed by atoms with E-state index in [4.69, 9.17) is 0 Å². The van der Waals surface area contributed by atoms with Crippen molar-refractivity contribution in [3.63, 3.8) is 0 Å². The maximum atomic E-state index is 11.1. The number of pyridine rings is 1. The number of hydrogen-bond donors (Lipinski definition) is 1. The molecule has 0 radical (unpaired) electrons. The largest absolute Gasteiger partial charge is 0.329 e. The smallest absolute Gasteiger partial charge is 0.255 e. The van der Waals surface area contributed by atoms with Crippen LogP contribution >= 0.6 is 0 Å². The molecule has 1 rings (SSSR count). The topological polar surface area (TPSA) is 32.9 Å². The Balaban J connectivity index is 3.80. The minimum absolute atomic E-state index is 0.0249. The van der Waals surface area contributed by atoms with Crippen molar-refractivity contribution in [2.24, 2.45) is 0 Å². The van der Waals surface area contributed by atoms with E-state index in [1.54, 1.807) is 6.20 Å². The summed E-state index contributed by atoms with van der Waals surface area (Å²) < 4.78 is 0. The molecular formula is C9H11NO. The summed E-state index contributed by atoms with van der Waals surface area (Å²) in [6, 6.07) is 1.89. The summed E-state index contributed by atoms with van der Waals surface area (Å²) in [6.07, 6.45) is 5.39. The molecule has 0 unspecified atom stereocenters. The number of hydrogen-bond acceptors (Lipinski definition) is 1. The Morgan fingerprint density at radius 1 is 1.36 bits per heavy atom. The average Bonchev–Trinajstić information content (AvgIpc) is 2.04. The van der Waals surface area contributed by atoms with Crippen LogP contribution in [0.1, 0.15) is 13.8 Å². The molecule has 2 heteroatoms. The Kier molecular flexibility index (Phi) is 2.26. The van der Waals surface area contributed by atoms with Crippen LogP contribution < -0.4 is 16.0 Å². The highest BCUT2D eigenvalue weighted by molar-refractivity contribution is 5.26. The fraction of sp³-hybridized carbons (Fsp3) is 0.222. The van der Waals surface area contributed by atoms with Gasteiger partial charge in [0.05, 0.1) is 0 Å². The van der Waals surface area contributed by atoms with Crippen molar-refractivity contribution >= 4 is 12.2 Å². The van der Waals surface area contributed by atoms with Crippen molar-refractivity contribution in [2.45, 2.75) is 13.8 Å². The molecule has 0 amide bonds. The zero-order valence-corrected chi connectivity index (χ0v) is 6.72. The summed E-state index contributed by atoms with van der Waals surface area (Å²) in [5.41, 5.74) is -0.0249. The van der Waals surface area contributed by atoms with Crippen LogP contribution in [-0.4, -0.2) is 4.98 Å². The Labute approximate surface area is 64.9 Å². The van der Waals surface area contributed by atoms with Gasteiger partial charge in [0.15, 0.2) is 0 Å².